The lowest BCUT2D eigenvalue weighted by molar-refractivity contribution is -0.115. The minimum Gasteiger partial charge on any atom is -0.462 e. The van der Waals surface area contributed by atoms with Crippen molar-refractivity contribution in [3.05, 3.63) is 83.2 Å². The Labute approximate surface area is 199 Å². The van der Waals surface area contributed by atoms with E-state index in [9.17, 15) is 14.4 Å². The average Bonchev–Trinajstić information content (AvgIpc) is 3.55. The summed E-state index contributed by atoms with van der Waals surface area (Å²) in [4.78, 5) is 36.3. The summed E-state index contributed by atoms with van der Waals surface area (Å²) in [7, 11) is 0. The number of nitrogens with one attached hydrogen (secondary N) is 3. The predicted molar refractivity (Wildman–Crippen MR) is 128 cm³/mol. The lowest BCUT2D eigenvalue weighted by Gasteiger charge is -2.02. The number of esters is 1. The number of guanidine groups is 1. The maximum Gasteiger partial charge on any atom is 0.338 e. The van der Waals surface area contributed by atoms with Gasteiger partial charge in [-0.2, -0.15) is 0 Å². The number of carbonyl (C=O) groups excluding carboxylic acids is 3. The van der Waals surface area contributed by atoms with Gasteiger partial charge in [0.2, 0.25) is 5.96 Å². The molecule has 1 aromatic heterocycles. The fourth-order valence-corrected chi connectivity index (χ4v) is 3.56. The zero-order chi connectivity index (χ0) is 24.4. The molecule has 0 unspecified atom stereocenters. The van der Waals surface area contributed by atoms with Crippen LogP contribution in [-0.4, -0.2) is 36.1 Å². The maximum absolute atomic E-state index is 12.3. The van der Waals surface area contributed by atoms with Crippen molar-refractivity contribution in [1.82, 2.24) is 10.6 Å². The highest BCUT2D eigenvalue weighted by molar-refractivity contribution is 6.53. The molecule has 0 radical (unpaired) electrons. The minimum absolute atomic E-state index is 0.0901. The zero-order valence-electron chi connectivity index (χ0n) is 18.5. The monoisotopic (exact) mass is 469 g/mol. The van der Waals surface area contributed by atoms with Crippen molar-refractivity contribution >= 4 is 41.2 Å². The number of para-hydroxylation sites is 1. The van der Waals surface area contributed by atoms with Crippen molar-refractivity contribution in [1.29, 1.82) is 0 Å². The molecule has 1 fully saturated rings. The van der Waals surface area contributed by atoms with Crippen molar-refractivity contribution in [2.75, 3.05) is 11.9 Å². The summed E-state index contributed by atoms with van der Waals surface area (Å²) in [6.07, 6.45) is 1.53. The van der Waals surface area contributed by atoms with Gasteiger partial charge in [-0.05, 0) is 37.3 Å². The Morgan fingerprint density at radius 2 is 1.74 bits per heavy atom. The Hall–Kier alpha value is -4.99. The molecular formula is C25H19N5O5. The fourth-order valence-electron chi connectivity index (χ4n) is 3.56. The number of furan rings is 1. The number of fused-ring (bicyclic) bond motifs is 1. The van der Waals surface area contributed by atoms with Crippen molar-refractivity contribution in [2.45, 2.75) is 6.92 Å². The number of rotatable bonds is 5. The van der Waals surface area contributed by atoms with E-state index in [1.807, 2.05) is 6.07 Å². The normalized spacial score (nSPS) is 17.9. The van der Waals surface area contributed by atoms with E-state index in [-0.39, 0.29) is 29.2 Å². The summed E-state index contributed by atoms with van der Waals surface area (Å²) >= 11 is 0. The van der Waals surface area contributed by atoms with Gasteiger partial charge in [-0.25, -0.2) is 4.79 Å². The van der Waals surface area contributed by atoms with Gasteiger partial charge in [-0.3, -0.25) is 14.9 Å². The van der Waals surface area contributed by atoms with Crippen LogP contribution in [0, 0.1) is 0 Å². The van der Waals surface area contributed by atoms with Crippen molar-refractivity contribution < 1.29 is 23.5 Å². The van der Waals surface area contributed by atoms with E-state index in [0.29, 0.717) is 34.9 Å². The van der Waals surface area contributed by atoms with Gasteiger partial charge in [0.25, 0.3) is 11.8 Å². The zero-order valence-corrected chi connectivity index (χ0v) is 18.5. The van der Waals surface area contributed by atoms with Crippen LogP contribution in [0.2, 0.25) is 0 Å². The number of ether oxygens (including phenoxy) is 1. The van der Waals surface area contributed by atoms with Gasteiger partial charge in [0.1, 0.15) is 17.2 Å². The Balaban J connectivity index is 1.31. The molecule has 2 aromatic carbocycles. The number of benzene rings is 2. The van der Waals surface area contributed by atoms with E-state index in [1.54, 1.807) is 61.5 Å². The minimum atomic E-state index is -0.419. The molecule has 0 aliphatic carbocycles. The van der Waals surface area contributed by atoms with Gasteiger partial charge < -0.3 is 19.8 Å². The van der Waals surface area contributed by atoms with E-state index < -0.39 is 5.91 Å². The van der Waals surface area contributed by atoms with Crippen LogP contribution < -0.4 is 16.0 Å². The van der Waals surface area contributed by atoms with Crippen molar-refractivity contribution in [3.63, 3.8) is 0 Å². The first kappa shape index (κ1) is 21.8. The highest BCUT2D eigenvalue weighted by atomic mass is 16.5. The first-order chi connectivity index (χ1) is 17.0. The highest BCUT2D eigenvalue weighted by Crippen LogP contribution is 2.25. The third-order valence-electron chi connectivity index (χ3n) is 5.22. The molecule has 3 N–H and O–H groups in total. The van der Waals surface area contributed by atoms with Gasteiger partial charge >= 0.3 is 5.97 Å². The van der Waals surface area contributed by atoms with Crippen LogP contribution in [0.25, 0.3) is 17.4 Å². The van der Waals surface area contributed by atoms with Crippen LogP contribution in [0.3, 0.4) is 0 Å². The largest absolute Gasteiger partial charge is 0.462 e. The topological polar surface area (TPSA) is 134 Å². The number of anilines is 1. The van der Waals surface area contributed by atoms with E-state index in [0.717, 1.165) is 5.56 Å². The van der Waals surface area contributed by atoms with E-state index in [4.69, 9.17) is 9.15 Å². The van der Waals surface area contributed by atoms with Crippen molar-refractivity contribution in [3.8, 4) is 11.3 Å². The summed E-state index contributed by atoms with van der Waals surface area (Å²) in [6, 6.07) is 17.4. The fraction of sp³-hybridized carbons (Fsp3) is 0.0800. The van der Waals surface area contributed by atoms with Crippen LogP contribution in [-0.2, 0) is 14.3 Å². The molecule has 174 valence electrons. The molecule has 2 amide bonds. The number of amides is 2. The van der Waals surface area contributed by atoms with E-state index in [1.165, 1.54) is 6.08 Å². The Morgan fingerprint density at radius 3 is 2.54 bits per heavy atom. The SMILES string of the molecule is CCOC(=O)c1ccc(-c2ccc(/C=C3\N/C(=N\N=C4/C(=O)Nc5ccccc54)NC3=O)o2)cc1. The van der Waals surface area contributed by atoms with E-state index in [2.05, 4.69) is 26.2 Å². The number of nitrogens with zero attached hydrogens (tertiary/aromatic N) is 2. The summed E-state index contributed by atoms with van der Waals surface area (Å²) in [5.41, 5.74) is 2.87. The van der Waals surface area contributed by atoms with Gasteiger partial charge in [0.15, 0.2) is 5.71 Å². The number of carbonyl (C=O) groups is 3. The number of hydrogen-bond donors (Lipinski definition) is 3. The summed E-state index contributed by atoms with van der Waals surface area (Å²) < 4.78 is 10.8. The van der Waals surface area contributed by atoms with Gasteiger partial charge in [0.05, 0.1) is 17.9 Å². The standard InChI is InChI=1S/C25H19N5O5/c1-2-34-24(33)15-9-7-14(8-10-15)20-12-11-16(35-20)13-19-22(31)28-25(27-19)30-29-21-17-5-3-4-6-18(17)26-23(21)32/h3-13H,2H2,1H3,(H,26,29,32)(H2,27,28,30,31)/b19-13-. The first-order valence-electron chi connectivity index (χ1n) is 10.8. The van der Waals surface area contributed by atoms with Crippen LogP contribution in [0.1, 0.15) is 28.6 Å². The summed E-state index contributed by atoms with van der Waals surface area (Å²) in [5.74, 6) is -0.0819. The van der Waals surface area contributed by atoms with Crippen LogP contribution >= 0.6 is 0 Å². The first-order valence-corrected chi connectivity index (χ1v) is 10.8. The van der Waals surface area contributed by atoms with Gasteiger partial charge in [-0.1, -0.05) is 30.3 Å². The Bertz CT molecular complexity index is 1430. The third-order valence-corrected chi connectivity index (χ3v) is 5.22. The maximum atomic E-state index is 12.3. The van der Waals surface area contributed by atoms with Crippen LogP contribution in [0.5, 0.6) is 0 Å². The van der Waals surface area contributed by atoms with E-state index >= 15 is 0 Å². The van der Waals surface area contributed by atoms with Crippen LogP contribution in [0.15, 0.2) is 81.0 Å². The molecule has 3 aromatic rings. The molecule has 5 rings (SSSR count). The third kappa shape index (κ3) is 4.44. The Kier molecular flexibility index (Phi) is 5.68. The molecule has 1 saturated heterocycles. The van der Waals surface area contributed by atoms with Crippen molar-refractivity contribution in [2.24, 2.45) is 10.2 Å². The summed E-state index contributed by atoms with van der Waals surface area (Å²) in [6.45, 7) is 2.06. The molecule has 10 nitrogen and oxygen atoms in total. The molecule has 0 saturated carbocycles. The predicted octanol–water partition coefficient (Wildman–Crippen LogP) is 2.90. The lowest BCUT2D eigenvalue weighted by atomic mass is 10.1. The van der Waals surface area contributed by atoms with Gasteiger partial charge in [-0.15, -0.1) is 10.2 Å². The molecule has 0 spiro atoms. The average molecular weight is 469 g/mol. The summed E-state index contributed by atoms with van der Waals surface area (Å²) in [5, 5.41) is 16.1. The molecule has 35 heavy (non-hydrogen) atoms. The van der Waals surface area contributed by atoms with Crippen LogP contribution in [0.4, 0.5) is 5.69 Å². The lowest BCUT2D eigenvalue weighted by Crippen LogP contribution is -2.25. The molecule has 10 heteroatoms. The van der Waals surface area contributed by atoms with Gasteiger partial charge in [0, 0.05) is 17.2 Å². The second kappa shape index (κ2) is 9.10. The smallest absolute Gasteiger partial charge is 0.338 e. The quantitative estimate of drug-likeness (QED) is 0.299. The molecule has 0 bridgehead atoms. The second-order valence-corrected chi connectivity index (χ2v) is 7.53. The molecule has 0 atom stereocenters. The number of hydrogen-bond acceptors (Lipinski definition) is 7. The second-order valence-electron chi connectivity index (χ2n) is 7.53. The molecule has 2 aliphatic rings. The highest BCUT2D eigenvalue weighted by Gasteiger charge is 2.27. The molecule has 3 heterocycles. The Morgan fingerprint density at radius 1 is 0.943 bits per heavy atom. The molecular weight excluding hydrogens is 450 g/mol. The molecule has 2 aliphatic heterocycles.